The fourth-order valence-electron chi connectivity index (χ4n) is 5.48. The van der Waals surface area contributed by atoms with Crippen molar-refractivity contribution in [3.8, 4) is 11.1 Å². The molecule has 0 aliphatic carbocycles. The zero-order valence-corrected chi connectivity index (χ0v) is 20.2. The normalized spacial score (nSPS) is 22.9. The Morgan fingerprint density at radius 2 is 1.83 bits per heavy atom. The third-order valence-corrected chi connectivity index (χ3v) is 8.77. The SMILES string of the molecule is [2H]C([2H])([2H])N1C(=O)c2cccc(F)c2[C@H]2C[C@]1(C)c1nc3ccc(-c4ccc(P(C)(C)=O)c(F)c4)cc3n12. The van der Waals surface area contributed by atoms with Crippen LogP contribution in [-0.4, -0.2) is 40.7 Å². The molecule has 2 atom stereocenters. The molecule has 5 nitrogen and oxygen atoms in total. The van der Waals surface area contributed by atoms with Crippen LogP contribution in [0.1, 0.15) is 45.2 Å². The molecule has 2 aliphatic rings. The number of hydrogen-bond donors (Lipinski definition) is 0. The predicted molar refractivity (Wildman–Crippen MR) is 133 cm³/mol. The average Bonchev–Trinajstić information content (AvgIpc) is 3.29. The summed E-state index contributed by atoms with van der Waals surface area (Å²) < 4.78 is 69.0. The van der Waals surface area contributed by atoms with Gasteiger partial charge in [-0.15, -0.1) is 0 Å². The number of rotatable bonds is 2. The maximum Gasteiger partial charge on any atom is 0.254 e. The minimum atomic E-state index is -2.79. The lowest BCUT2D eigenvalue weighted by molar-refractivity contribution is 0.0592. The number of amides is 1. The lowest BCUT2D eigenvalue weighted by Crippen LogP contribution is -2.43. The van der Waals surface area contributed by atoms with Gasteiger partial charge in [0.05, 0.1) is 17.1 Å². The number of carbonyl (C=O) groups is 1. The number of fused-ring (bicyclic) bond motifs is 9. The van der Waals surface area contributed by atoms with E-state index < -0.39 is 43.2 Å². The first-order valence-corrected chi connectivity index (χ1v) is 13.8. The minimum Gasteiger partial charge on any atom is -0.329 e. The van der Waals surface area contributed by atoms with E-state index in [0.717, 1.165) is 4.90 Å². The smallest absolute Gasteiger partial charge is 0.254 e. The van der Waals surface area contributed by atoms with Crippen LogP contribution in [0.2, 0.25) is 0 Å². The molecular formula is C27H24F2N3O2P. The Bertz CT molecular complexity index is 1730. The van der Waals surface area contributed by atoms with Gasteiger partial charge < -0.3 is 14.0 Å². The number of aromatic nitrogens is 2. The van der Waals surface area contributed by atoms with Gasteiger partial charge in [-0.25, -0.2) is 13.8 Å². The van der Waals surface area contributed by atoms with Crippen LogP contribution in [0.5, 0.6) is 0 Å². The largest absolute Gasteiger partial charge is 0.329 e. The molecular weight excluding hydrogens is 467 g/mol. The maximum atomic E-state index is 15.3. The molecule has 178 valence electrons. The molecule has 0 radical (unpaired) electrons. The Balaban J connectivity index is 1.61. The minimum absolute atomic E-state index is 0.0136. The lowest BCUT2D eigenvalue weighted by Gasteiger charge is -2.33. The van der Waals surface area contributed by atoms with Crippen LogP contribution in [0.3, 0.4) is 0 Å². The first-order chi connectivity index (χ1) is 17.7. The number of halogens is 2. The molecule has 0 unspecified atom stereocenters. The maximum absolute atomic E-state index is 15.3. The summed E-state index contributed by atoms with van der Waals surface area (Å²) >= 11 is 0. The second-order valence-electron chi connectivity index (χ2n) is 9.86. The third kappa shape index (κ3) is 3.00. The summed E-state index contributed by atoms with van der Waals surface area (Å²) in [6.07, 6.45) is 0.138. The van der Waals surface area contributed by atoms with Crippen molar-refractivity contribution in [1.29, 1.82) is 0 Å². The van der Waals surface area contributed by atoms with Crippen molar-refractivity contribution in [2.45, 2.75) is 24.9 Å². The molecule has 35 heavy (non-hydrogen) atoms. The summed E-state index contributed by atoms with van der Waals surface area (Å²) in [7, 11) is -2.79. The molecule has 3 heterocycles. The number of hydrogen-bond acceptors (Lipinski definition) is 3. The molecule has 6 rings (SSSR count). The van der Waals surface area contributed by atoms with E-state index in [1.165, 1.54) is 43.7 Å². The van der Waals surface area contributed by atoms with Gasteiger partial charge in [0.25, 0.3) is 5.91 Å². The van der Waals surface area contributed by atoms with Gasteiger partial charge in [-0.3, -0.25) is 4.79 Å². The molecule has 8 heteroatoms. The molecule has 0 saturated heterocycles. The van der Waals surface area contributed by atoms with E-state index in [4.69, 9.17) is 9.10 Å². The first-order valence-electron chi connectivity index (χ1n) is 12.7. The zero-order valence-electron chi connectivity index (χ0n) is 22.3. The van der Waals surface area contributed by atoms with E-state index in [-0.39, 0.29) is 22.9 Å². The number of nitrogens with zero attached hydrogens (tertiary/aromatic N) is 3. The van der Waals surface area contributed by atoms with Crippen molar-refractivity contribution >= 4 is 29.4 Å². The van der Waals surface area contributed by atoms with Crippen molar-refractivity contribution in [3.63, 3.8) is 0 Å². The van der Waals surface area contributed by atoms with Crippen LogP contribution in [0, 0.1) is 11.6 Å². The fraction of sp³-hybridized carbons (Fsp3) is 0.259. The van der Waals surface area contributed by atoms with Crippen molar-refractivity contribution in [1.82, 2.24) is 14.5 Å². The molecule has 0 fully saturated rings. The molecule has 1 aromatic heterocycles. The molecule has 1 amide bonds. The van der Waals surface area contributed by atoms with Gasteiger partial charge in [0.1, 0.15) is 30.1 Å². The summed E-state index contributed by atoms with van der Waals surface area (Å²) in [4.78, 5) is 19.1. The highest BCUT2D eigenvalue weighted by molar-refractivity contribution is 7.70. The number of imidazole rings is 1. The van der Waals surface area contributed by atoms with Crippen molar-refractivity contribution in [2.24, 2.45) is 0 Å². The molecule has 2 aliphatic heterocycles. The Labute approximate surface area is 206 Å². The second-order valence-corrected chi connectivity index (χ2v) is 13.0. The standard InChI is InChI=1S/C27H24F2N3O2P/c1-27-14-22(24-17(25(33)31(27)2)6-5-7-18(24)28)32-21-13-16(8-10-20(21)30-26(27)32)15-9-11-23(19(29)12-15)35(3,4)34/h5-13,22H,14H2,1-4H3/t22-,27-/m1/s1/i2D3. The van der Waals surface area contributed by atoms with Gasteiger partial charge >= 0.3 is 0 Å². The van der Waals surface area contributed by atoms with Crippen molar-refractivity contribution in [3.05, 3.63) is 83.2 Å². The van der Waals surface area contributed by atoms with E-state index in [2.05, 4.69) is 0 Å². The summed E-state index contributed by atoms with van der Waals surface area (Å²) in [5.41, 5.74) is 1.20. The van der Waals surface area contributed by atoms with Gasteiger partial charge in [0.15, 0.2) is 0 Å². The topological polar surface area (TPSA) is 55.2 Å². The second kappa shape index (κ2) is 7.11. The quantitative estimate of drug-likeness (QED) is 0.345. The molecule has 0 spiro atoms. The highest BCUT2D eigenvalue weighted by Gasteiger charge is 2.52. The van der Waals surface area contributed by atoms with E-state index in [1.54, 1.807) is 31.2 Å². The molecule has 0 N–H and O–H groups in total. The summed E-state index contributed by atoms with van der Waals surface area (Å²) in [6, 6.07) is 13.3. The monoisotopic (exact) mass is 494 g/mol. The van der Waals surface area contributed by atoms with E-state index >= 15 is 4.39 Å². The van der Waals surface area contributed by atoms with E-state index in [1.807, 2.05) is 4.57 Å². The Morgan fingerprint density at radius 1 is 1.09 bits per heavy atom. The van der Waals surface area contributed by atoms with Gasteiger partial charge in [0.2, 0.25) is 0 Å². The molecule has 2 bridgehead atoms. The van der Waals surface area contributed by atoms with Crippen molar-refractivity contribution < 1.29 is 22.3 Å². The Hall–Kier alpha value is -3.31. The van der Waals surface area contributed by atoms with Crippen molar-refractivity contribution in [2.75, 3.05) is 20.3 Å². The van der Waals surface area contributed by atoms with Crippen LogP contribution in [0.15, 0.2) is 54.6 Å². The van der Waals surface area contributed by atoms with Gasteiger partial charge in [-0.2, -0.15) is 0 Å². The van der Waals surface area contributed by atoms with Crippen LogP contribution in [0.4, 0.5) is 8.78 Å². The molecule has 3 aromatic carbocycles. The first kappa shape index (κ1) is 18.9. The van der Waals surface area contributed by atoms with Gasteiger partial charge in [-0.05, 0) is 67.8 Å². The summed E-state index contributed by atoms with van der Waals surface area (Å²) in [5.74, 6) is -1.56. The Kier molecular flexibility index (Phi) is 3.85. The predicted octanol–water partition coefficient (Wildman–Crippen LogP) is 5.52. The highest BCUT2D eigenvalue weighted by Crippen LogP contribution is 2.51. The van der Waals surface area contributed by atoms with Crippen LogP contribution >= 0.6 is 7.14 Å². The lowest BCUT2D eigenvalue weighted by atomic mass is 9.93. The summed E-state index contributed by atoms with van der Waals surface area (Å²) in [6.45, 7) is 1.89. The summed E-state index contributed by atoms with van der Waals surface area (Å²) in [5, 5.41) is 0.173. The van der Waals surface area contributed by atoms with Gasteiger partial charge in [0, 0.05) is 33.9 Å². The fourth-order valence-corrected chi connectivity index (χ4v) is 6.49. The van der Waals surface area contributed by atoms with Crippen LogP contribution in [0.25, 0.3) is 22.2 Å². The number of benzene rings is 3. The van der Waals surface area contributed by atoms with Gasteiger partial charge in [-0.1, -0.05) is 18.2 Å². The van der Waals surface area contributed by atoms with Crippen LogP contribution in [-0.2, 0) is 10.1 Å². The molecule has 0 saturated carbocycles. The molecule has 4 aromatic rings. The highest BCUT2D eigenvalue weighted by atomic mass is 31.2. The average molecular weight is 494 g/mol. The third-order valence-electron chi connectivity index (χ3n) is 7.25. The zero-order chi connectivity index (χ0) is 27.4. The number of carbonyl (C=O) groups excluding carboxylic acids is 1. The Morgan fingerprint density at radius 3 is 2.54 bits per heavy atom. The van der Waals surface area contributed by atoms with E-state index in [9.17, 15) is 13.8 Å². The van der Waals surface area contributed by atoms with Crippen LogP contribution < -0.4 is 5.30 Å². The van der Waals surface area contributed by atoms with E-state index in [0.29, 0.717) is 28.0 Å².